The molecule has 40 aliphatic rings. The fourth-order valence-electron chi connectivity index (χ4n) is 43.1. The summed E-state index contributed by atoms with van der Waals surface area (Å²) < 4.78 is 12.2. The Morgan fingerprint density at radius 3 is 0.818 bits per heavy atom. The average molecular weight is 1190 g/mol. The number of rotatable bonds is 4. The summed E-state index contributed by atoms with van der Waals surface area (Å²) in [5.41, 5.74) is 0.917. The number of carbonyl (C=O) groups excluding carboxylic acids is 4. The van der Waals surface area contributed by atoms with Crippen LogP contribution >= 0.6 is 0 Å². The maximum atomic E-state index is 12.7. The van der Waals surface area contributed by atoms with E-state index in [4.69, 9.17) is 9.47 Å². The lowest BCUT2D eigenvalue weighted by atomic mass is 9.18. The summed E-state index contributed by atoms with van der Waals surface area (Å²) in [7, 11) is 0. The van der Waals surface area contributed by atoms with E-state index in [1.807, 2.05) is 13.8 Å². The van der Waals surface area contributed by atoms with E-state index >= 15 is 0 Å². The second kappa shape index (κ2) is 14.8. The van der Waals surface area contributed by atoms with Crippen LogP contribution in [0.1, 0.15) is 207 Å². The summed E-state index contributed by atoms with van der Waals surface area (Å²) in [4.78, 5) is 49.3. The lowest BCUT2D eigenvalue weighted by Gasteiger charge is -2.85. The molecule has 40 fully saturated rings. The van der Waals surface area contributed by atoms with Gasteiger partial charge in [-0.05, 0) is 416 Å². The highest BCUT2D eigenvalue weighted by molar-refractivity contribution is 5.85. The maximum Gasteiger partial charge on any atom is 0.303 e. The topological polar surface area (TPSA) is 127 Å². The minimum absolute atomic E-state index is 0.00925. The monoisotopic (exact) mass is 1190 g/mol. The van der Waals surface area contributed by atoms with Gasteiger partial charge in [-0.1, -0.05) is 0 Å². The largest absolute Gasteiger partial charge is 0.459 e. The molecule has 8 heteroatoms. The number of esters is 2. The first-order chi connectivity index (χ1) is 42.1. The number of hydrogen-bond donors (Lipinski definition) is 2. The molecule has 40 rings (SSSR count). The molecular formula is C80H104O8. The lowest BCUT2D eigenvalue weighted by Crippen LogP contribution is -2.82. The molecule has 0 aromatic carbocycles. The summed E-state index contributed by atoms with van der Waals surface area (Å²) in [5.74, 6) is 33.5. The molecule has 44 bridgehead atoms. The second-order valence-corrected chi connectivity index (χ2v) is 42.3. The summed E-state index contributed by atoms with van der Waals surface area (Å²) in [6.07, 6.45) is 36.4. The zero-order chi connectivity index (χ0) is 58.2. The molecule has 0 heterocycles. The van der Waals surface area contributed by atoms with Gasteiger partial charge in [-0.25, -0.2) is 0 Å². The van der Waals surface area contributed by atoms with Gasteiger partial charge in [0.2, 0.25) is 0 Å². The Bertz CT molecular complexity index is 3030. The zero-order valence-corrected chi connectivity index (χ0v) is 53.8. The molecule has 0 aromatic heterocycles. The van der Waals surface area contributed by atoms with Gasteiger partial charge in [0, 0.05) is 24.7 Å². The van der Waals surface area contributed by atoms with Crippen molar-refractivity contribution in [1.29, 1.82) is 0 Å². The quantitative estimate of drug-likeness (QED) is 0.267. The number of ketones is 2. The van der Waals surface area contributed by atoms with Crippen LogP contribution in [0.5, 0.6) is 0 Å². The first-order valence-electron chi connectivity index (χ1n) is 39.0. The third-order valence-corrected chi connectivity index (χ3v) is 41.0. The molecule has 8 nitrogen and oxygen atoms in total. The fourth-order valence-corrected chi connectivity index (χ4v) is 43.1. The number of ether oxygens (including phenoxy) is 2. The van der Waals surface area contributed by atoms with Crippen molar-refractivity contribution in [3.63, 3.8) is 0 Å². The molecule has 4 spiro atoms. The average Bonchev–Trinajstić information content (AvgIpc) is 0.670. The fraction of sp³-hybridized carbons (Fsp3) is 0.950. The molecule has 0 amide bonds. The molecule has 16 atom stereocenters. The van der Waals surface area contributed by atoms with Gasteiger partial charge >= 0.3 is 11.9 Å². The number of Topliss-reactive ketones (excluding diaryl/α,β-unsaturated/α-hetero) is 2. The van der Waals surface area contributed by atoms with E-state index in [-0.39, 0.29) is 50.6 Å². The van der Waals surface area contributed by atoms with Gasteiger partial charge in [-0.2, -0.15) is 0 Å². The first kappa shape index (κ1) is 51.5. The van der Waals surface area contributed by atoms with Crippen molar-refractivity contribution in [3.05, 3.63) is 0 Å². The summed E-state index contributed by atoms with van der Waals surface area (Å²) in [5, 5.41) is 22.2. The predicted octanol–water partition coefficient (Wildman–Crippen LogP) is 13.4. The van der Waals surface area contributed by atoms with Crippen molar-refractivity contribution in [2.24, 2.45) is 234 Å². The van der Waals surface area contributed by atoms with Crippen molar-refractivity contribution < 1.29 is 38.9 Å². The second-order valence-electron chi connectivity index (χ2n) is 42.3. The van der Waals surface area contributed by atoms with Crippen LogP contribution in [0.4, 0.5) is 0 Å². The Labute approximate surface area is 523 Å². The van der Waals surface area contributed by atoms with Crippen LogP contribution in [0.25, 0.3) is 0 Å². The molecule has 88 heavy (non-hydrogen) atoms. The van der Waals surface area contributed by atoms with Gasteiger partial charge in [-0.15, -0.1) is 0 Å². The van der Waals surface area contributed by atoms with Crippen LogP contribution in [0.3, 0.4) is 0 Å². The molecule has 2 N–H and O–H groups in total. The molecule has 472 valence electrons. The summed E-state index contributed by atoms with van der Waals surface area (Å²) in [6, 6.07) is 0. The molecule has 40 aliphatic carbocycles. The normalized spacial score (nSPS) is 72.5. The first-order valence-corrected chi connectivity index (χ1v) is 39.0. The van der Waals surface area contributed by atoms with Gasteiger partial charge in [-0.3, -0.25) is 19.2 Å². The van der Waals surface area contributed by atoms with Crippen molar-refractivity contribution in [1.82, 2.24) is 0 Å². The smallest absolute Gasteiger partial charge is 0.303 e. The Balaban J connectivity index is 0.0000000737. The van der Waals surface area contributed by atoms with E-state index in [9.17, 15) is 29.4 Å². The summed E-state index contributed by atoms with van der Waals surface area (Å²) >= 11 is 0. The molecule has 16 unspecified atom stereocenters. The van der Waals surface area contributed by atoms with Crippen LogP contribution in [-0.4, -0.2) is 56.1 Å². The van der Waals surface area contributed by atoms with Crippen molar-refractivity contribution in [2.75, 3.05) is 0 Å². The van der Waals surface area contributed by atoms with Gasteiger partial charge in [0.05, 0.1) is 11.2 Å². The van der Waals surface area contributed by atoms with Crippen LogP contribution in [0.15, 0.2) is 0 Å². The van der Waals surface area contributed by atoms with E-state index in [0.29, 0.717) is 22.4 Å². The van der Waals surface area contributed by atoms with Crippen LogP contribution in [0, 0.1) is 234 Å². The van der Waals surface area contributed by atoms with Gasteiger partial charge < -0.3 is 19.7 Å². The van der Waals surface area contributed by atoms with E-state index in [1.54, 1.807) is 58.8 Å². The van der Waals surface area contributed by atoms with Crippen molar-refractivity contribution in [2.45, 2.75) is 230 Å². The summed E-state index contributed by atoms with van der Waals surface area (Å²) in [6.45, 7) is 6.92. The highest BCUT2D eigenvalue weighted by Crippen LogP contribution is 2.91. The highest BCUT2D eigenvalue weighted by atomic mass is 16.6. The Hall–Kier alpha value is -1.80. The van der Waals surface area contributed by atoms with Crippen molar-refractivity contribution >= 4 is 23.5 Å². The van der Waals surface area contributed by atoms with E-state index in [1.165, 1.54) is 117 Å². The van der Waals surface area contributed by atoms with Gasteiger partial charge in [0.15, 0.2) is 0 Å². The van der Waals surface area contributed by atoms with Gasteiger partial charge in [0.1, 0.15) is 22.8 Å². The predicted molar refractivity (Wildman–Crippen MR) is 323 cm³/mol. The van der Waals surface area contributed by atoms with E-state index in [0.717, 1.165) is 224 Å². The Morgan fingerprint density at radius 1 is 0.273 bits per heavy atom. The van der Waals surface area contributed by atoms with Crippen LogP contribution < -0.4 is 0 Å². The number of hydrogen-bond acceptors (Lipinski definition) is 8. The van der Waals surface area contributed by atoms with E-state index < -0.39 is 0 Å². The van der Waals surface area contributed by atoms with Crippen molar-refractivity contribution in [3.8, 4) is 0 Å². The van der Waals surface area contributed by atoms with Crippen LogP contribution in [-0.2, 0) is 28.7 Å². The molecule has 0 aromatic rings. The van der Waals surface area contributed by atoms with E-state index in [2.05, 4.69) is 0 Å². The minimum atomic E-state index is -0.340. The van der Waals surface area contributed by atoms with Gasteiger partial charge in [0.25, 0.3) is 0 Å². The maximum absolute atomic E-state index is 12.7. The molecule has 0 aliphatic heterocycles. The third kappa shape index (κ3) is 5.22. The number of aliphatic hydroxyl groups is 2. The minimum Gasteiger partial charge on any atom is -0.459 e. The zero-order valence-electron chi connectivity index (χ0n) is 53.8. The lowest BCUT2D eigenvalue weighted by molar-refractivity contribution is -0.391. The standard InChI is InChI=1S/C22H28O4.C22H28O2.C18H24O2.C18H24/c1-10(23)25-20-4-14-12-3-13-16-6-21(26-11(2)24)7-17(13)19(15(12)5-20)22(8-20,9-21)18(14)16;1-10(23)20-4-14-12-3-13-16-6-21(11(2)24)7-17(13)19(15(12)5-20)22(8-20,9-21)18(14)16;19-16-2-10-8-1-9-12-4-17(20)5-13(9)15(11(8)3-16)18(6-16,7-17)14(10)12;1-8-2-13-10-5-11-14-3-9-4-15(11)17(13)18(6-8,7-9)16(14)12(1)10/h12-19H,3-9H2,1-2H3;12-19H,3-9H2,1-2H3;8-15,19-20H,1-7H2;8-17H,1-7H2. The highest BCUT2D eigenvalue weighted by Gasteiger charge is 2.87. The molecule has 0 radical (unpaired) electrons. The SMILES string of the molecule is C1C2C3CC4CC2C2C5CC6CC(C15)C3C2(C4)C6.CC(=O)C12CC3C4CC5C6CC7(C(C)=O)CC5C(C4C1)C(C2)(C7)C36.CC(=O)OC12CC3C4CC5C6CC7(OC(C)=O)CC5C(C4C1)C(C2)(C7)C36.OC12CC3C4CC5C6CC7(O)CC5C(C4C1)C(C2)(C7)C36. The Morgan fingerprint density at radius 2 is 0.523 bits per heavy atom. The molecule has 40 saturated carbocycles. The van der Waals surface area contributed by atoms with Crippen LogP contribution in [0.2, 0.25) is 0 Å². The molecular weight excluding hydrogens is 1090 g/mol. The number of carbonyl (C=O) groups is 4. The third-order valence-electron chi connectivity index (χ3n) is 41.0. The molecule has 0 saturated heterocycles. The Kier molecular flexibility index (Phi) is 8.65.